The van der Waals surface area contributed by atoms with Gasteiger partial charge in [0.15, 0.2) is 0 Å². The smallest absolute Gasteiger partial charge is 0.345 e. The molecule has 1 aromatic rings. The van der Waals surface area contributed by atoms with Gasteiger partial charge in [-0.05, 0) is 18.6 Å². The Morgan fingerprint density at radius 1 is 1.06 bits per heavy atom. The summed E-state index contributed by atoms with van der Waals surface area (Å²) in [5, 5.41) is 8.37. The number of carbonyl (C=O) groups excluding carboxylic acids is 2. The van der Waals surface area contributed by atoms with Crippen LogP contribution in [0, 0.1) is 0 Å². The molecular weight excluding hydrogens is 224 g/mol. The van der Waals surface area contributed by atoms with Gasteiger partial charge in [0.05, 0.1) is 5.56 Å². The van der Waals surface area contributed by atoms with Gasteiger partial charge in [0.1, 0.15) is 0 Å². The maximum atomic E-state index is 11.4. The lowest BCUT2D eigenvalue weighted by Crippen LogP contribution is -2.12. The summed E-state index contributed by atoms with van der Waals surface area (Å²) in [7, 11) is 0. The molecule has 0 aromatic heterocycles. The van der Waals surface area contributed by atoms with E-state index in [1.807, 2.05) is 0 Å². The van der Waals surface area contributed by atoms with Crippen LogP contribution in [0.2, 0.25) is 0 Å². The average Bonchev–Trinajstić information content (AvgIpc) is 2.29. The number of carbonyl (C=O) groups is 3. The number of ether oxygens (including phenoxy) is 1. The van der Waals surface area contributed by atoms with Crippen LogP contribution in [-0.4, -0.2) is 23.0 Å². The molecule has 0 heterocycles. The van der Waals surface area contributed by atoms with Crippen LogP contribution in [0.3, 0.4) is 0 Å². The van der Waals surface area contributed by atoms with Crippen molar-refractivity contribution < 1.29 is 24.2 Å². The van der Waals surface area contributed by atoms with E-state index < -0.39 is 17.9 Å². The fourth-order valence-corrected chi connectivity index (χ4v) is 1.17. The van der Waals surface area contributed by atoms with Crippen molar-refractivity contribution in [1.29, 1.82) is 0 Å². The molecule has 0 aliphatic carbocycles. The van der Waals surface area contributed by atoms with Gasteiger partial charge >= 0.3 is 17.9 Å². The fraction of sp³-hybridized carbons (Fsp3) is 0.250. The molecule has 5 heteroatoms. The van der Waals surface area contributed by atoms with E-state index in [1.165, 1.54) is 12.1 Å². The van der Waals surface area contributed by atoms with Crippen LogP contribution in [-0.2, 0) is 14.3 Å². The van der Waals surface area contributed by atoms with Gasteiger partial charge < -0.3 is 9.84 Å². The lowest BCUT2D eigenvalue weighted by Gasteiger charge is -2.01. The number of carboxylic acids is 1. The molecule has 5 nitrogen and oxygen atoms in total. The minimum absolute atomic E-state index is 0.0785. The molecule has 90 valence electrons. The fourth-order valence-electron chi connectivity index (χ4n) is 1.17. The van der Waals surface area contributed by atoms with E-state index >= 15 is 0 Å². The summed E-state index contributed by atoms with van der Waals surface area (Å²) in [5.74, 6) is -2.40. The zero-order chi connectivity index (χ0) is 12.7. The molecule has 0 radical (unpaired) electrons. The molecule has 0 atom stereocenters. The molecule has 0 unspecified atom stereocenters. The second kappa shape index (κ2) is 6.42. The Morgan fingerprint density at radius 2 is 1.71 bits per heavy atom. The molecule has 1 rings (SSSR count). The Kier molecular flexibility index (Phi) is 4.87. The Morgan fingerprint density at radius 3 is 2.29 bits per heavy atom. The topological polar surface area (TPSA) is 80.7 Å². The molecule has 0 aliphatic rings. The number of hydrogen-bond acceptors (Lipinski definition) is 4. The van der Waals surface area contributed by atoms with Crippen LogP contribution in [0.4, 0.5) is 0 Å². The minimum Gasteiger partial charge on any atom is -0.481 e. The first-order chi connectivity index (χ1) is 8.09. The predicted octanol–water partition coefficient (Wildman–Crippen LogP) is 1.62. The molecule has 0 saturated heterocycles. The zero-order valence-electron chi connectivity index (χ0n) is 9.09. The molecule has 0 aliphatic heterocycles. The standard InChI is InChI=1S/C12H12O5/c13-10(14)7-4-8-11(15)17-12(16)9-5-2-1-3-6-9/h1-3,5-6H,4,7-8H2,(H,13,14). The van der Waals surface area contributed by atoms with Crippen molar-refractivity contribution in [2.24, 2.45) is 0 Å². The third-order valence-corrected chi connectivity index (χ3v) is 1.99. The third-order valence-electron chi connectivity index (χ3n) is 1.99. The Hall–Kier alpha value is -2.17. The van der Waals surface area contributed by atoms with Crippen molar-refractivity contribution in [3.63, 3.8) is 0 Å². The van der Waals surface area contributed by atoms with Crippen molar-refractivity contribution in [2.45, 2.75) is 19.3 Å². The SMILES string of the molecule is O=C(O)CCCC(=O)OC(=O)c1ccccc1. The lowest BCUT2D eigenvalue weighted by atomic mass is 10.2. The normalized spacial score (nSPS) is 9.65. The van der Waals surface area contributed by atoms with Gasteiger partial charge in [-0.25, -0.2) is 4.79 Å². The summed E-state index contributed by atoms with van der Waals surface area (Å²) in [6.07, 6.45) is -0.0320. The predicted molar refractivity (Wildman–Crippen MR) is 58.4 cm³/mol. The van der Waals surface area contributed by atoms with Gasteiger partial charge in [0.2, 0.25) is 0 Å². The molecular formula is C12H12O5. The van der Waals surface area contributed by atoms with Crippen molar-refractivity contribution in [1.82, 2.24) is 0 Å². The highest BCUT2D eigenvalue weighted by atomic mass is 16.6. The highest BCUT2D eigenvalue weighted by Crippen LogP contribution is 2.04. The molecule has 1 aromatic carbocycles. The molecule has 0 bridgehead atoms. The number of hydrogen-bond donors (Lipinski definition) is 1. The average molecular weight is 236 g/mol. The van der Waals surface area contributed by atoms with Crippen molar-refractivity contribution in [3.8, 4) is 0 Å². The maximum absolute atomic E-state index is 11.4. The Bertz CT molecular complexity index is 410. The lowest BCUT2D eigenvalue weighted by molar-refractivity contribution is -0.139. The third kappa shape index (κ3) is 4.92. The van der Waals surface area contributed by atoms with E-state index in [2.05, 4.69) is 4.74 Å². The second-order valence-corrected chi connectivity index (χ2v) is 3.37. The van der Waals surface area contributed by atoms with Gasteiger partial charge in [-0.1, -0.05) is 18.2 Å². The quantitative estimate of drug-likeness (QED) is 0.620. The van der Waals surface area contributed by atoms with E-state index in [0.29, 0.717) is 5.56 Å². The zero-order valence-corrected chi connectivity index (χ0v) is 9.09. The highest BCUT2D eigenvalue weighted by Gasteiger charge is 2.12. The van der Waals surface area contributed by atoms with Crippen molar-refractivity contribution in [3.05, 3.63) is 35.9 Å². The van der Waals surface area contributed by atoms with Gasteiger partial charge in [-0.2, -0.15) is 0 Å². The second-order valence-electron chi connectivity index (χ2n) is 3.37. The van der Waals surface area contributed by atoms with Crippen molar-refractivity contribution >= 4 is 17.9 Å². The summed E-state index contributed by atoms with van der Waals surface area (Å²) >= 11 is 0. The number of benzene rings is 1. The van der Waals surface area contributed by atoms with E-state index in [1.54, 1.807) is 18.2 Å². The molecule has 0 fully saturated rings. The van der Waals surface area contributed by atoms with Crippen LogP contribution in [0.5, 0.6) is 0 Å². The van der Waals surface area contributed by atoms with E-state index in [-0.39, 0.29) is 19.3 Å². The van der Waals surface area contributed by atoms with E-state index in [4.69, 9.17) is 5.11 Å². The van der Waals surface area contributed by atoms with Gasteiger partial charge in [0, 0.05) is 12.8 Å². The molecule has 0 spiro atoms. The summed E-state index contributed by atoms with van der Waals surface area (Å²) in [6.45, 7) is 0. The number of aliphatic carboxylic acids is 1. The Labute approximate surface area is 98.0 Å². The summed E-state index contributed by atoms with van der Waals surface area (Å²) in [4.78, 5) is 32.8. The molecule has 0 amide bonds. The van der Waals surface area contributed by atoms with Gasteiger partial charge in [0.25, 0.3) is 0 Å². The first-order valence-corrected chi connectivity index (χ1v) is 5.11. The Balaban J connectivity index is 2.36. The first kappa shape index (κ1) is 12.9. The van der Waals surface area contributed by atoms with Gasteiger partial charge in [-0.3, -0.25) is 9.59 Å². The van der Waals surface area contributed by atoms with Crippen LogP contribution >= 0.6 is 0 Å². The molecule has 17 heavy (non-hydrogen) atoms. The maximum Gasteiger partial charge on any atom is 0.345 e. The highest BCUT2D eigenvalue weighted by molar-refractivity contribution is 5.96. The van der Waals surface area contributed by atoms with Crippen LogP contribution in [0.25, 0.3) is 0 Å². The number of esters is 2. The van der Waals surface area contributed by atoms with E-state index in [0.717, 1.165) is 0 Å². The molecule has 1 N–H and O–H groups in total. The first-order valence-electron chi connectivity index (χ1n) is 5.11. The van der Waals surface area contributed by atoms with E-state index in [9.17, 15) is 14.4 Å². The van der Waals surface area contributed by atoms with Crippen LogP contribution in [0.1, 0.15) is 29.6 Å². The van der Waals surface area contributed by atoms with Crippen LogP contribution in [0.15, 0.2) is 30.3 Å². The largest absolute Gasteiger partial charge is 0.481 e. The number of carboxylic acid groups (broad SMARTS) is 1. The van der Waals surface area contributed by atoms with Crippen molar-refractivity contribution in [2.75, 3.05) is 0 Å². The number of rotatable bonds is 5. The van der Waals surface area contributed by atoms with Gasteiger partial charge in [-0.15, -0.1) is 0 Å². The van der Waals surface area contributed by atoms with Crippen LogP contribution < -0.4 is 0 Å². The monoisotopic (exact) mass is 236 g/mol. The summed E-state index contributed by atoms with van der Waals surface area (Å²) in [5.41, 5.74) is 0.291. The summed E-state index contributed by atoms with van der Waals surface area (Å²) < 4.78 is 4.55. The minimum atomic E-state index is -0.979. The molecule has 0 saturated carbocycles. The summed E-state index contributed by atoms with van der Waals surface area (Å²) in [6, 6.07) is 8.13.